The van der Waals surface area contributed by atoms with E-state index < -0.39 is 10.0 Å². The first-order valence-electron chi connectivity index (χ1n) is 7.20. The lowest BCUT2D eigenvalue weighted by atomic mass is 10.0. The molecule has 3 aromatic rings. The minimum atomic E-state index is -3.43. The van der Waals surface area contributed by atoms with Gasteiger partial charge in [-0.2, -0.15) is 9.29 Å². The van der Waals surface area contributed by atoms with Gasteiger partial charge in [0.05, 0.1) is 12.1 Å². The summed E-state index contributed by atoms with van der Waals surface area (Å²) >= 11 is 1.27. The second kappa shape index (κ2) is 5.72. The number of sulfonamides is 1. The fraction of sp³-hybridized carbons (Fsp3) is 0.286. The summed E-state index contributed by atoms with van der Waals surface area (Å²) in [4.78, 5) is 13.3. The van der Waals surface area contributed by atoms with E-state index in [4.69, 9.17) is 4.52 Å². The molecule has 0 amide bonds. The van der Waals surface area contributed by atoms with Gasteiger partial charge >= 0.3 is 0 Å². The molecule has 0 aromatic carbocycles. The molecule has 0 unspecified atom stereocenters. The van der Waals surface area contributed by atoms with E-state index in [-0.39, 0.29) is 5.92 Å². The highest BCUT2D eigenvalue weighted by atomic mass is 32.2. The molecule has 8 nitrogen and oxygen atoms in total. The van der Waals surface area contributed by atoms with Crippen molar-refractivity contribution in [1.82, 2.24) is 24.4 Å². The molecule has 1 saturated heterocycles. The van der Waals surface area contributed by atoms with Gasteiger partial charge in [-0.15, -0.1) is 11.3 Å². The van der Waals surface area contributed by atoms with Crippen molar-refractivity contribution in [3.8, 4) is 11.5 Å². The van der Waals surface area contributed by atoms with E-state index in [1.807, 2.05) is 6.92 Å². The Labute approximate surface area is 142 Å². The quantitative estimate of drug-likeness (QED) is 0.695. The molecule has 124 valence electrons. The summed E-state index contributed by atoms with van der Waals surface area (Å²) in [5.41, 5.74) is 0.519. The standard InChI is InChI=1S/C14H13N5O3S2/c1-9-2-3-12(23-9)24(20,21)19-7-10(8-19)14-17-13(18-22-14)11-6-15-4-5-16-11/h2-6,10H,7-8H2,1H3. The van der Waals surface area contributed by atoms with Crippen molar-refractivity contribution in [3.05, 3.63) is 41.5 Å². The van der Waals surface area contributed by atoms with Gasteiger partial charge in [-0.3, -0.25) is 4.98 Å². The first-order valence-corrected chi connectivity index (χ1v) is 9.46. The van der Waals surface area contributed by atoms with Crippen LogP contribution in [0.5, 0.6) is 0 Å². The first-order chi connectivity index (χ1) is 11.5. The van der Waals surface area contributed by atoms with Crippen LogP contribution in [0, 0.1) is 6.92 Å². The van der Waals surface area contributed by atoms with Crippen LogP contribution in [0.2, 0.25) is 0 Å². The predicted molar refractivity (Wildman–Crippen MR) is 85.9 cm³/mol. The Balaban J connectivity index is 1.47. The van der Waals surface area contributed by atoms with Gasteiger partial charge in [0.25, 0.3) is 10.0 Å². The molecule has 1 aliphatic heterocycles. The SMILES string of the molecule is Cc1ccc(S(=O)(=O)N2CC(c3nc(-c4cnccn4)no3)C2)s1. The zero-order valence-corrected chi connectivity index (χ0v) is 14.3. The molecule has 1 aliphatic rings. The number of nitrogens with zero attached hydrogens (tertiary/aromatic N) is 5. The lowest BCUT2D eigenvalue weighted by Crippen LogP contribution is -2.48. The van der Waals surface area contributed by atoms with Crippen molar-refractivity contribution in [2.24, 2.45) is 0 Å². The average molecular weight is 363 g/mol. The monoisotopic (exact) mass is 363 g/mol. The lowest BCUT2D eigenvalue weighted by Gasteiger charge is -2.35. The molecule has 0 atom stereocenters. The van der Waals surface area contributed by atoms with Crippen molar-refractivity contribution >= 4 is 21.4 Å². The summed E-state index contributed by atoms with van der Waals surface area (Å²) in [6.07, 6.45) is 4.66. The Kier molecular flexibility index (Phi) is 3.66. The number of rotatable bonds is 4. The van der Waals surface area contributed by atoms with Gasteiger partial charge < -0.3 is 4.52 Å². The van der Waals surface area contributed by atoms with Crippen LogP contribution in [-0.2, 0) is 10.0 Å². The molecule has 0 aliphatic carbocycles. The van der Waals surface area contributed by atoms with Crippen molar-refractivity contribution < 1.29 is 12.9 Å². The van der Waals surface area contributed by atoms with Crippen LogP contribution in [-0.4, -0.2) is 45.9 Å². The second-order valence-corrected chi connectivity index (χ2v) is 8.88. The van der Waals surface area contributed by atoms with Crippen LogP contribution in [0.1, 0.15) is 16.7 Å². The van der Waals surface area contributed by atoms with E-state index in [0.29, 0.717) is 34.7 Å². The first kappa shape index (κ1) is 15.4. The van der Waals surface area contributed by atoms with Gasteiger partial charge in [-0.25, -0.2) is 13.4 Å². The van der Waals surface area contributed by atoms with Crippen LogP contribution in [0.25, 0.3) is 11.5 Å². The number of hydrogen-bond acceptors (Lipinski definition) is 8. The summed E-state index contributed by atoms with van der Waals surface area (Å²) < 4.78 is 32.0. The van der Waals surface area contributed by atoms with Gasteiger partial charge in [-0.1, -0.05) is 5.16 Å². The molecule has 1 fully saturated rings. The van der Waals surface area contributed by atoms with E-state index in [1.54, 1.807) is 30.7 Å². The molecule has 0 N–H and O–H groups in total. The summed E-state index contributed by atoms with van der Waals surface area (Å²) in [6.45, 7) is 2.55. The number of hydrogen-bond donors (Lipinski definition) is 0. The van der Waals surface area contributed by atoms with Crippen molar-refractivity contribution in [3.63, 3.8) is 0 Å². The Morgan fingerprint density at radius 2 is 2.12 bits per heavy atom. The van der Waals surface area contributed by atoms with Crippen molar-refractivity contribution in [1.29, 1.82) is 0 Å². The Morgan fingerprint density at radius 1 is 1.29 bits per heavy atom. The van der Waals surface area contributed by atoms with Gasteiger partial charge in [0, 0.05) is 30.4 Å². The molecule has 24 heavy (non-hydrogen) atoms. The van der Waals surface area contributed by atoms with Gasteiger partial charge in [-0.05, 0) is 19.1 Å². The fourth-order valence-corrected chi connectivity index (χ4v) is 5.36. The Morgan fingerprint density at radius 3 is 2.79 bits per heavy atom. The molecule has 0 bridgehead atoms. The third kappa shape index (κ3) is 2.62. The van der Waals surface area contributed by atoms with Crippen molar-refractivity contribution in [2.45, 2.75) is 17.1 Å². The zero-order valence-electron chi connectivity index (χ0n) is 12.7. The maximum Gasteiger partial charge on any atom is 0.252 e. The summed E-state index contributed by atoms with van der Waals surface area (Å²) in [7, 11) is -3.43. The number of aryl methyl sites for hydroxylation is 1. The smallest absolute Gasteiger partial charge is 0.252 e. The molecule has 4 rings (SSSR count). The van der Waals surface area contributed by atoms with Crippen LogP contribution < -0.4 is 0 Å². The number of thiophene rings is 1. The molecular formula is C14H13N5O3S2. The topological polar surface area (TPSA) is 102 Å². The third-order valence-electron chi connectivity index (χ3n) is 3.74. The zero-order chi connectivity index (χ0) is 16.7. The molecule has 3 aromatic heterocycles. The fourth-order valence-electron chi connectivity index (χ4n) is 2.39. The van der Waals surface area contributed by atoms with Crippen LogP contribution in [0.4, 0.5) is 0 Å². The van der Waals surface area contributed by atoms with Crippen molar-refractivity contribution in [2.75, 3.05) is 13.1 Å². The maximum absolute atomic E-state index is 12.5. The molecule has 10 heteroatoms. The van der Waals surface area contributed by atoms with E-state index in [2.05, 4.69) is 20.1 Å². The largest absolute Gasteiger partial charge is 0.339 e. The van der Waals surface area contributed by atoms with E-state index >= 15 is 0 Å². The number of aromatic nitrogens is 4. The Bertz CT molecular complexity index is 961. The highest BCUT2D eigenvalue weighted by Crippen LogP contribution is 2.33. The predicted octanol–water partition coefficient (Wildman–Crippen LogP) is 1.68. The second-order valence-electron chi connectivity index (χ2n) is 5.43. The molecule has 0 saturated carbocycles. The average Bonchev–Trinajstić information content (AvgIpc) is 3.16. The third-order valence-corrected chi connectivity index (χ3v) is 7.04. The summed E-state index contributed by atoms with van der Waals surface area (Å²) in [5.74, 6) is 0.677. The van der Waals surface area contributed by atoms with E-state index in [1.165, 1.54) is 15.6 Å². The van der Waals surface area contributed by atoms with Gasteiger partial charge in [0.15, 0.2) is 0 Å². The minimum absolute atomic E-state index is 0.0984. The highest BCUT2D eigenvalue weighted by molar-refractivity contribution is 7.91. The maximum atomic E-state index is 12.5. The molecule has 0 radical (unpaired) electrons. The summed E-state index contributed by atoms with van der Waals surface area (Å²) in [5, 5.41) is 3.88. The van der Waals surface area contributed by atoms with E-state index in [9.17, 15) is 8.42 Å². The van der Waals surface area contributed by atoms with Crippen LogP contribution in [0.3, 0.4) is 0 Å². The Hall–Kier alpha value is -2.17. The summed E-state index contributed by atoms with van der Waals surface area (Å²) in [6, 6.07) is 3.45. The van der Waals surface area contributed by atoms with Gasteiger partial charge in [0.1, 0.15) is 9.90 Å². The normalized spacial score (nSPS) is 16.2. The highest BCUT2D eigenvalue weighted by Gasteiger charge is 2.41. The molecular weight excluding hydrogens is 350 g/mol. The minimum Gasteiger partial charge on any atom is -0.339 e. The molecule has 4 heterocycles. The van der Waals surface area contributed by atoms with Gasteiger partial charge in [0.2, 0.25) is 11.7 Å². The van der Waals surface area contributed by atoms with Crippen LogP contribution >= 0.6 is 11.3 Å². The molecule has 0 spiro atoms. The van der Waals surface area contributed by atoms with E-state index in [0.717, 1.165) is 4.88 Å². The lowest BCUT2D eigenvalue weighted by molar-refractivity contribution is 0.217. The van der Waals surface area contributed by atoms with Crippen LogP contribution in [0.15, 0.2) is 39.5 Å².